The third kappa shape index (κ3) is 3.24. The largest absolute Gasteiger partial charge is 0.456 e. The van der Waals surface area contributed by atoms with Crippen LogP contribution in [0.5, 0.6) is 0 Å². The predicted octanol–water partition coefficient (Wildman–Crippen LogP) is 3.54. The first-order valence-corrected chi connectivity index (χ1v) is 7.95. The maximum absolute atomic E-state index is 12.2. The van der Waals surface area contributed by atoms with Crippen molar-refractivity contribution >= 4 is 5.91 Å². The molecule has 0 radical (unpaired) electrons. The lowest BCUT2D eigenvalue weighted by Gasteiger charge is -2.22. The molecule has 5 heteroatoms. The van der Waals surface area contributed by atoms with E-state index in [0.29, 0.717) is 12.2 Å². The summed E-state index contributed by atoms with van der Waals surface area (Å²) < 4.78 is 10.8. The normalized spacial score (nSPS) is 15.9. The van der Waals surface area contributed by atoms with Crippen molar-refractivity contribution in [2.75, 3.05) is 0 Å². The summed E-state index contributed by atoms with van der Waals surface area (Å²) in [6, 6.07) is 3.88. The highest BCUT2D eigenvalue weighted by atomic mass is 16.5. The van der Waals surface area contributed by atoms with Crippen molar-refractivity contribution in [2.24, 2.45) is 0 Å². The van der Waals surface area contributed by atoms with Gasteiger partial charge >= 0.3 is 0 Å². The van der Waals surface area contributed by atoms with Crippen molar-refractivity contribution in [3.8, 4) is 0 Å². The fraction of sp³-hybridized carbons (Fsp3) is 0.529. The van der Waals surface area contributed by atoms with E-state index in [9.17, 15) is 4.79 Å². The van der Waals surface area contributed by atoms with E-state index in [1.54, 1.807) is 6.07 Å². The first-order valence-electron chi connectivity index (χ1n) is 7.95. The monoisotopic (exact) mass is 302 g/mol. The lowest BCUT2D eigenvalue weighted by atomic mass is 9.95. The number of carbonyl (C=O) groups excluding carboxylic acids is 1. The van der Waals surface area contributed by atoms with Gasteiger partial charge in [-0.05, 0) is 38.8 Å². The zero-order chi connectivity index (χ0) is 15.5. The number of nitrogens with one attached hydrogen (secondary N) is 1. The molecule has 1 aliphatic rings. The Labute approximate surface area is 130 Å². The first kappa shape index (κ1) is 14.9. The molecule has 0 aliphatic heterocycles. The summed E-state index contributed by atoms with van der Waals surface area (Å²) >= 11 is 0. The van der Waals surface area contributed by atoms with Gasteiger partial charge in [0, 0.05) is 18.0 Å². The second kappa shape index (κ2) is 6.38. The molecule has 5 nitrogen and oxygen atoms in total. The van der Waals surface area contributed by atoms with Crippen molar-refractivity contribution in [1.29, 1.82) is 0 Å². The molecule has 1 aliphatic carbocycles. The van der Waals surface area contributed by atoms with Gasteiger partial charge in [0.2, 0.25) is 0 Å². The molecule has 2 aromatic heterocycles. The van der Waals surface area contributed by atoms with E-state index in [0.717, 1.165) is 35.6 Å². The minimum Gasteiger partial charge on any atom is -0.456 e. The molecule has 1 saturated carbocycles. The molecule has 2 aromatic rings. The van der Waals surface area contributed by atoms with Gasteiger partial charge in [0.15, 0.2) is 5.76 Å². The number of furan rings is 1. The lowest BCUT2D eigenvalue weighted by molar-refractivity contribution is 0.0898. The number of aromatic nitrogens is 1. The fourth-order valence-electron chi connectivity index (χ4n) is 3.03. The Bertz CT molecular complexity index is 631. The number of hydrogen-bond donors (Lipinski definition) is 1. The molecule has 0 spiro atoms. The molecule has 0 aromatic carbocycles. The van der Waals surface area contributed by atoms with Gasteiger partial charge in [0.1, 0.15) is 11.5 Å². The van der Waals surface area contributed by atoms with E-state index in [4.69, 9.17) is 8.94 Å². The van der Waals surface area contributed by atoms with E-state index >= 15 is 0 Å². The second-order valence-electron chi connectivity index (χ2n) is 6.05. The Balaban J connectivity index is 1.64. The third-order valence-electron chi connectivity index (χ3n) is 4.36. The molecule has 0 saturated heterocycles. The predicted molar refractivity (Wildman–Crippen MR) is 81.8 cm³/mol. The quantitative estimate of drug-likeness (QED) is 0.938. The highest BCUT2D eigenvalue weighted by molar-refractivity contribution is 5.91. The van der Waals surface area contributed by atoms with Crippen molar-refractivity contribution in [2.45, 2.75) is 58.4 Å². The van der Waals surface area contributed by atoms with Crippen LogP contribution in [-0.4, -0.2) is 17.1 Å². The molecule has 1 amide bonds. The molecule has 0 unspecified atom stereocenters. The molecule has 1 fully saturated rings. The smallest absolute Gasteiger partial charge is 0.287 e. The van der Waals surface area contributed by atoms with Gasteiger partial charge in [-0.2, -0.15) is 0 Å². The van der Waals surface area contributed by atoms with E-state index < -0.39 is 0 Å². The molecule has 3 rings (SSSR count). The third-order valence-corrected chi connectivity index (χ3v) is 4.36. The summed E-state index contributed by atoms with van der Waals surface area (Å²) in [6.45, 7) is 3.79. The highest BCUT2D eigenvalue weighted by Gasteiger charge is 2.19. The lowest BCUT2D eigenvalue weighted by Crippen LogP contribution is -2.35. The van der Waals surface area contributed by atoms with Crippen LogP contribution < -0.4 is 5.32 Å². The van der Waals surface area contributed by atoms with Gasteiger partial charge in [0.25, 0.3) is 5.91 Å². The van der Waals surface area contributed by atoms with E-state index in [1.807, 2.05) is 19.9 Å². The van der Waals surface area contributed by atoms with Crippen LogP contribution in [0.25, 0.3) is 0 Å². The number of carbonyl (C=O) groups is 1. The second-order valence-corrected chi connectivity index (χ2v) is 6.05. The van der Waals surface area contributed by atoms with Gasteiger partial charge in [0.05, 0.1) is 5.69 Å². The van der Waals surface area contributed by atoms with Crippen LogP contribution in [0.3, 0.4) is 0 Å². The van der Waals surface area contributed by atoms with Crippen LogP contribution in [0, 0.1) is 13.8 Å². The van der Waals surface area contributed by atoms with Crippen molar-refractivity contribution in [3.63, 3.8) is 0 Å². The average molecular weight is 302 g/mol. The Morgan fingerprint density at radius 3 is 2.73 bits per heavy atom. The fourth-order valence-corrected chi connectivity index (χ4v) is 3.03. The minimum atomic E-state index is -0.114. The van der Waals surface area contributed by atoms with Gasteiger partial charge < -0.3 is 14.3 Å². The molecule has 0 atom stereocenters. The van der Waals surface area contributed by atoms with Gasteiger partial charge in [-0.15, -0.1) is 0 Å². The Kier molecular flexibility index (Phi) is 4.32. The Hall–Kier alpha value is -2.04. The standard InChI is InChI=1S/C17H22N2O3/c1-11-15(12(2)22-19-11)10-14-8-9-16(21-14)17(20)18-13-6-4-3-5-7-13/h8-9,13H,3-7,10H2,1-2H3,(H,18,20). The summed E-state index contributed by atoms with van der Waals surface area (Å²) in [7, 11) is 0. The maximum atomic E-state index is 12.2. The number of hydrogen-bond acceptors (Lipinski definition) is 4. The first-order chi connectivity index (χ1) is 10.6. The van der Waals surface area contributed by atoms with Crippen LogP contribution in [0.4, 0.5) is 0 Å². The molecular weight excluding hydrogens is 280 g/mol. The number of amides is 1. The average Bonchev–Trinajstić information content (AvgIpc) is 3.11. The van der Waals surface area contributed by atoms with Gasteiger partial charge in [-0.3, -0.25) is 4.79 Å². The number of aryl methyl sites for hydroxylation is 2. The molecule has 2 heterocycles. The van der Waals surface area contributed by atoms with Crippen LogP contribution in [0.1, 0.15) is 65.4 Å². The number of rotatable bonds is 4. The van der Waals surface area contributed by atoms with Gasteiger partial charge in [-0.1, -0.05) is 24.4 Å². The van der Waals surface area contributed by atoms with Crippen LogP contribution in [0.15, 0.2) is 21.1 Å². The summed E-state index contributed by atoms with van der Waals surface area (Å²) in [4.78, 5) is 12.2. The van der Waals surface area contributed by atoms with E-state index in [-0.39, 0.29) is 11.9 Å². The summed E-state index contributed by atoms with van der Waals surface area (Å²) in [5, 5.41) is 7.00. The zero-order valence-corrected chi connectivity index (χ0v) is 13.1. The summed E-state index contributed by atoms with van der Waals surface area (Å²) in [5.41, 5.74) is 1.88. The minimum absolute atomic E-state index is 0.114. The molecule has 0 bridgehead atoms. The van der Waals surface area contributed by atoms with Gasteiger partial charge in [-0.25, -0.2) is 0 Å². The van der Waals surface area contributed by atoms with Crippen molar-refractivity contribution < 1.29 is 13.7 Å². The van der Waals surface area contributed by atoms with Crippen LogP contribution in [0.2, 0.25) is 0 Å². The topological polar surface area (TPSA) is 68.3 Å². The molecule has 118 valence electrons. The molecule has 22 heavy (non-hydrogen) atoms. The van der Waals surface area contributed by atoms with Crippen LogP contribution >= 0.6 is 0 Å². The Morgan fingerprint density at radius 2 is 2.05 bits per heavy atom. The van der Waals surface area contributed by atoms with Crippen molar-refractivity contribution in [1.82, 2.24) is 10.5 Å². The molecule has 1 N–H and O–H groups in total. The molecular formula is C17H22N2O3. The Morgan fingerprint density at radius 1 is 1.27 bits per heavy atom. The van der Waals surface area contributed by atoms with E-state index in [1.165, 1.54) is 19.3 Å². The summed E-state index contributed by atoms with van der Waals surface area (Å²) in [6.07, 6.45) is 6.39. The van der Waals surface area contributed by atoms with Crippen molar-refractivity contribution in [3.05, 3.63) is 40.7 Å². The zero-order valence-electron chi connectivity index (χ0n) is 13.1. The summed E-state index contributed by atoms with van der Waals surface area (Å²) in [5.74, 6) is 1.81. The van der Waals surface area contributed by atoms with Crippen LogP contribution in [-0.2, 0) is 6.42 Å². The number of nitrogens with zero attached hydrogens (tertiary/aromatic N) is 1. The maximum Gasteiger partial charge on any atom is 0.287 e. The highest BCUT2D eigenvalue weighted by Crippen LogP contribution is 2.20. The van der Waals surface area contributed by atoms with E-state index in [2.05, 4.69) is 10.5 Å². The SMILES string of the molecule is Cc1noc(C)c1Cc1ccc(C(=O)NC2CCCCC2)o1.